The van der Waals surface area contributed by atoms with E-state index in [2.05, 4.69) is 15.6 Å². The summed E-state index contributed by atoms with van der Waals surface area (Å²) in [6, 6.07) is 11.5. The molecule has 21 heavy (non-hydrogen) atoms. The molecule has 0 fully saturated rings. The molecule has 1 atom stereocenters. The van der Waals surface area contributed by atoms with E-state index in [0.29, 0.717) is 13.0 Å². The molecule has 0 radical (unpaired) electrons. The van der Waals surface area contributed by atoms with Crippen LogP contribution in [0, 0.1) is 5.82 Å². The molecule has 2 rings (SSSR count). The Morgan fingerprint density at radius 2 is 2.14 bits per heavy atom. The number of halogens is 1. The van der Waals surface area contributed by atoms with Crippen LogP contribution in [0.4, 0.5) is 9.18 Å². The third-order valence-corrected chi connectivity index (χ3v) is 3.07. The highest BCUT2D eigenvalue weighted by atomic mass is 19.1. The van der Waals surface area contributed by atoms with Gasteiger partial charge in [0.25, 0.3) is 0 Å². The van der Waals surface area contributed by atoms with Gasteiger partial charge in [0.05, 0.1) is 11.7 Å². The second kappa shape index (κ2) is 7.38. The second-order valence-electron chi connectivity index (χ2n) is 4.76. The Labute approximate surface area is 123 Å². The first-order chi connectivity index (χ1) is 10.1. The number of nitrogens with one attached hydrogen (secondary N) is 2. The lowest BCUT2D eigenvalue weighted by Gasteiger charge is -2.14. The van der Waals surface area contributed by atoms with Crippen molar-refractivity contribution >= 4 is 6.03 Å². The molecule has 1 aromatic carbocycles. The van der Waals surface area contributed by atoms with Crippen LogP contribution in [0.1, 0.15) is 24.2 Å². The number of carbonyl (C=O) groups is 1. The standard InChI is InChI=1S/C16H18FN3O/c1-12(15-7-2-3-9-18-15)20-16(21)19-10-8-13-5-4-6-14(17)11-13/h2-7,9,11-12H,8,10H2,1H3,(H2,19,20,21). The van der Waals surface area contributed by atoms with E-state index < -0.39 is 0 Å². The van der Waals surface area contributed by atoms with Crippen LogP contribution in [0.15, 0.2) is 48.7 Å². The fraction of sp³-hybridized carbons (Fsp3) is 0.250. The summed E-state index contributed by atoms with van der Waals surface area (Å²) in [5.74, 6) is -0.263. The zero-order valence-corrected chi connectivity index (χ0v) is 11.8. The van der Waals surface area contributed by atoms with Crippen molar-refractivity contribution in [1.82, 2.24) is 15.6 Å². The van der Waals surface area contributed by atoms with E-state index in [-0.39, 0.29) is 17.9 Å². The van der Waals surface area contributed by atoms with Gasteiger partial charge in [-0.1, -0.05) is 18.2 Å². The summed E-state index contributed by atoms with van der Waals surface area (Å²) >= 11 is 0. The van der Waals surface area contributed by atoms with Crippen molar-refractivity contribution in [3.8, 4) is 0 Å². The third kappa shape index (κ3) is 4.87. The minimum absolute atomic E-state index is 0.166. The molecular weight excluding hydrogens is 269 g/mol. The van der Waals surface area contributed by atoms with Gasteiger partial charge < -0.3 is 10.6 Å². The quantitative estimate of drug-likeness (QED) is 0.888. The first-order valence-corrected chi connectivity index (χ1v) is 6.85. The third-order valence-electron chi connectivity index (χ3n) is 3.07. The van der Waals surface area contributed by atoms with Crippen molar-refractivity contribution in [1.29, 1.82) is 0 Å². The summed E-state index contributed by atoms with van der Waals surface area (Å²) in [6.45, 7) is 2.32. The Morgan fingerprint density at radius 3 is 2.86 bits per heavy atom. The normalized spacial score (nSPS) is 11.7. The molecule has 2 aromatic rings. The van der Waals surface area contributed by atoms with E-state index >= 15 is 0 Å². The average Bonchev–Trinajstić information content (AvgIpc) is 2.48. The Hall–Kier alpha value is -2.43. The van der Waals surface area contributed by atoms with Gasteiger partial charge in [0.15, 0.2) is 0 Å². The van der Waals surface area contributed by atoms with Crippen molar-refractivity contribution in [3.05, 3.63) is 65.7 Å². The molecule has 0 saturated carbocycles. The number of hydrogen-bond acceptors (Lipinski definition) is 2. The molecule has 1 heterocycles. The van der Waals surface area contributed by atoms with Crippen molar-refractivity contribution in [2.75, 3.05) is 6.54 Å². The molecule has 2 amide bonds. The predicted molar refractivity (Wildman–Crippen MR) is 79.3 cm³/mol. The van der Waals surface area contributed by atoms with Gasteiger partial charge >= 0.3 is 6.03 Å². The van der Waals surface area contributed by atoms with E-state index in [1.54, 1.807) is 12.3 Å². The van der Waals surface area contributed by atoms with Gasteiger partial charge in [0.1, 0.15) is 5.82 Å². The van der Waals surface area contributed by atoms with Gasteiger partial charge in [-0.25, -0.2) is 9.18 Å². The van der Waals surface area contributed by atoms with E-state index in [0.717, 1.165) is 11.3 Å². The molecule has 0 spiro atoms. The van der Waals surface area contributed by atoms with Gasteiger partial charge in [-0.3, -0.25) is 4.98 Å². The van der Waals surface area contributed by atoms with Crippen LogP contribution in [-0.2, 0) is 6.42 Å². The number of rotatable bonds is 5. The minimum Gasteiger partial charge on any atom is -0.338 e. The molecular formula is C16H18FN3O. The predicted octanol–water partition coefficient (Wildman–Crippen LogP) is 2.82. The molecule has 0 aliphatic heterocycles. The summed E-state index contributed by atoms with van der Waals surface area (Å²) in [4.78, 5) is 15.9. The van der Waals surface area contributed by atoms with Crippen LogP contribution in [0.25, 0.3) is 0 Å². The molecule has 4 nitrogen and oxygen atoms in total. The SMILES string of the molecule is CC(NC(=O)NCCc1cccc(F)c1)c1ccccn1. The number of benzene rings is 1. The maximum atomic E-state index is 13.0. The van der Waals surface area contributed by atoms with Crippen LogP contribution < -0.4 is 10.6 Å². The molecule has 2 N–H and O–H groups in total. The van der Waals surface area contributed by atoms with E-state index in [4.69, 9.17) is 0 Å². The number of carbonyl (C=O) groups excluding carboxylic acids is 1. The summed E-state index contributed by atoms with van der Waals surface area (Å²) in [5, 5.41) is 5.56. The first kappa shape index (κ1) is 15.0. The Kier molecular flexibility index (Phi) is 5.26. The highest BCUT2D eigenvalue weighted by Crippen LogP contribution is 2.07. The van der Waals surface area contributed by atoms with E-state index in [9.17, 15) is 9.18 Å². The van der Waals surface area contributed by atoms with Crippen molar-refractivity contribution in [2.45, 2.75) is 19.4 Å². The summed E-state index contributed by atoms with van der Waals surface area (Å²) in [5.41, 5.74) is 1.66. The topological polar surface area (TPSA) is 54.0 Å². The lowest BCUT2D eigenvalue weighted by molar-refractivity contribution is 0.238. The lowest BCUT2D eigenvalue weighted by Crippen LogP contribution is -2.38. The largest absolute Gasteiger partial charge is 0.338 e. The molecule has 5 heteroatoms. The van der Waals surface area contributed by atoms with Crippen LogP contribution in [0.2, 0.25) is 0 Å². The fourth-order valence-electron chi connectivity index (χ4n) is 1.97. The zero-order valence-electron chi connectivity index (χ0n) is 11.8. The maximum absolute atomic E-state index is 13.0. The van der Waals surface area contributed by atoms with Gasteiger partial charge in [0.2, 0.25) is 0 Å². The zero-order chi connectivity index (χ0) is 15.1. The molecule has 1 aromatic heterocycles. The molecule has 0 aliphatic carbocycles. The van der Waals surface area contributed by atoms with Crippen LogP contribution in [0.3, 0.4) is 0 Å². The maximum Gasteiger partial charge on any atom is 0.315 e. The molecule has 0 bridgehead atoms. The molecule has 110 valence electrons. The average molecular weight is 287 g/mol. The van der Waals surface area contributed by atoms with Crippen molar-refractivity contribution < 1.29 is 9.18 Å². The van der Waals surface area contributed by atoms with Gasteiger partial charge in [-0.05, 0) is 43.2 Å². The summed E-state index contributed by atoms with van der Waals surface area (Å²) in [6.07, 6.45) is 2.28. The number of amides is 2. The highest BCUT2D eigenvalue weighted by molar-refractivity contribution is 5.74. The smallest absolute Gasteiger partial charge is 0.315 e. The number of nitrogens with zero attached hydrogens (tertiary/aromatic N) is 1. The van der Waals surface area contributed by atoms with Crippen LogP contribution in [0.5, 0.6) is 0 Å². The summed E-state index contributed by atoms with van der Waals surface area (Å²) in [7, 11) is 0. The highest BCUT2D eigenvalue weighted by Gasteiger charge is 2.09. The fourth-order valence-corrected chi connectivity index (χ4v) is 1.97. The van der Waals surface area contributed by atoms with E-state index in [1.165, 1.54) is 12.1 Å². The molecule has 1 unspecified atom stereocenters. The van der Waals surface area contributed by atoms with Crippen molar-refractivity contribution in [2.24, 2.45) is 0 Å². The van der Waals surface area contributed by atoms with Gasteiger partial charge in [0, 0.05) is 12.7 Å². The van der Waals surface area contributed by atoms with E-state index in [1.807, 2.05) is 31.2 Å². The number of urea groups is 1. The van der Waals surface area contributed by atoms with Gasteiger partial charge in [-0.15, -0.1) is 0 Å². The number of hydrogen-bond donors (Lipinski definition) is 2. The minimum atomic E-state index is -0.263. The first-order valence-electron chi connectivity index (χ1n) is 6.85. The molecule has 0 saturated heterocycles. The Bertz CT molecular complexity index is 589. The number of pyridine rings is 1. The molecule has 0 aliphatic rings. The van der Waals surface area contributed by atoms with Crippen LogP contribution in [-0.4, -0.2) is 17.6 Å². The Morgan fingerprint density at radius 1 is 1.29 bits per heavy atom. The van der Waals surface area contributed by atoms with Crippen LogP contribution >= 0.6 is 0 Å². The van der Waals surface area contributed by atoms with Gasteiger partial charge in [-0.2, -0.15) is 0 Å². The summed E-state index contributed by atoms with van der Waals surface area (Å²) < 4.78 is 13.0. The monoisotopic (exact) mass is 287 g/mol. The number of aromatic nitrogens is 1. The Balaban J connectivity index is 1.75. The lowest BCUT2D eigenvalue weighted by atomic mass is 10.1. The second-order valence-corrected chi connectivity index (χ2v) is 4.76. The van der Waals surface area contributed by atoms with Crippen molar-refractivity contribution in [3.63, 3.8) is 0 Å².